The normalized spacial score (nSPS) is 20.6. The summed E-state index contributed by atoms with van der Waals surface area (Å²) in [5.74, 6) is -0.687. The van der Waals surface area contributed by atoms with Crippen molar-refractivity contribution in [2.75, 3.05) is 20.2 Å². The Morgan fingerprint density at radius 2 is 1.87 bits per heavy atom. The van der Waals surface area contributed by atoms with Crippen molar-refractivity contribution in [2.45, 2.75) is 50.7 Å². The van der Waals surface area contributed by atoms with Gasteiger partial charge in [0.25, 0.3) is 0 Å². The Hall–Kier alpha value is -2.47. The first-order valence-electron chi connectivity index (χ1n) is 10.5. The van der Waals surface area contributed by atoms with Gasteiger partial charge in [0.05, 0.1) is 12.7 Å². The molecular formula is C24H27F2NO3. The van der Waals surface area contributed by atoms with E-state index >= 15 is 0 Å². The summed E-state index contributed by atoms with van der Waals surface area (Å²) in [6.07, 6.45) is 3.82. The van der Waals surface area contributed by atoms with Crippen LogP contribution in [0, 0.1) is 11.6 Å². The lowest BCUT2D eigenvalue weighted by molar-refractivity contribution is 0.0592. The number of nitrogens with zero attached hydrogens (tertiary/aromatic N) is 1. The van der Waals surface area contributed by atoms with Crippen LogP contribution in [0.15, 0.2) is 36.4 Å². The van der Waals surface area contributed by atoms with E-state index in [-0.39, 0.29) is 23.5 Å². The molecule has 2 aliphatic rings. The van der Waals surface area contributed by atoms with Crippen molar-refractivity contribution in [3.05, 3.63) is 64.7 Å². The Bertz CT molecular complexity index is 911. The second-order valence-corrected chi connectivity index (χ2v) is 8.24. The van der Waals surface area contributed by atoms with Gasteiger partial charge >= 0.3 is 5.97 Å². The number of likely N-dealkylation sites (tertiary alicyclic amines) is 1. The smallest absolute Gasteiger partial charge is 0.340 e. The Labute approximate surface area is 175 Å². The summed E-state index contributed by atoms with van der Waals surface area (Å²) in [5.41, 5.74) is 1.91. The molecule has 0 N–H and O–H groups in total. The fraction of sp³-hybridized carbons (Fsp3) is 0.458. The molecule has 30 heavy (non-hydrogen) atoms. The molecule has 0 unspecified atom stereocenters. The van der Waals surface area contributed by atoms with E-state index in [1.54, 1.807) is 6.07 Å². The molecule has 160 valence electrons. The van der Waals surface area contributed by atoms with Crippen LogP contribution in [0.4, 0.5) is 8.78 Å². The molecular weight excluding hydrogens is 388 g/mol. The first-order valence-corrected chi connectivity index (χ1v) is 10.5. The van der Waals surface area contributed by atoms with Crippen LogP contribution in [0.2, 0.25) is 0 Å². The van der Waals surface area contributed by atoms with Gasteiger partial charge in [0, 0.05) is 18.7 Å². The molecule has 2 fully saturated rings. The summed E-state index contributed by atoms with van der Waals surface area (Å²) in [4.78, 5) is 14.2. The zero-order valence-corrected chi connectivity index (χ0v) is 17.4. The molecule has 6 heteroatoms. The van der Waals surface area contributed by atoms with E-state index in [9.17, 15) is 13.6 Å². The maximum Gasteiger partial charge on any atom is 0.340 e. The van der Waals surface area contributed by atoms with E-state index in [4.69, 9.17) is 9.47 Å². The predicted molar refractivity (Wildman–Crippen MR) is 110 cm³/mol. The van der Waals surface area contributed by atoms with Crippen molar-refractivity contribution in [3.8, 4) is 5.75 Å². The SMILES string of the molecule is COC(=O)c1cc(C2CC2)c(O[C@@H]2CCCN([C@H](C)c3ccc(F)cc3)C2)cc1F. The molecule has 0 amide bonds. The Morgan fingerprint density at radius 3 is 2.53 bits per heavy atom. The molecule has 1 aliphatic heterocycles. The fourth-order valence-corrected chi connectivity index (χ4v) is 4.20. The molecule has 1 heterocycles. The lowest BCUT2D eigenvalue weighted by Crippen LogP contribution is -2.42. The number of hydrogen-bond donors (Lipinski definition) is 0. The number of ether oxygens (including phenoxy) is 2. The van der Waals surface area contributed by atoms with Crippen LogP contribution in [0.1, 0.15) is 66.1 Å². The zero-order valence-electron chi connectivity index (χ0n) is 17.4. The van der Waals surface area contributed by atoms with E-state index in [0.717, 1.165) is 43.4 Å². The predicted octanol–water partition coefficient (Wildman–Crippen LogP) is 5.23. The van der Waals surface area contributed by atoms with Gasteiger partial charge in [-0.3, -0.25) is 4.90 Å². The molecule has 0 aromatic heterocycles. The highest BCUT2D eigenvalue weighted by molar-refractivity contribution is 5.90. The maximum atomic E-state index is 14.5. The average molecular weight is 415 g/mol. The number of benzene rings is 2. The number of carbonyl (C=O) groups excluding carboxylic acids is 1. The molecule has 2 aromatic carbocycles. The summed E-state index contributed by atoms with van der Waals surface area (Å²) in [6.45, 7) is 3.75. The van der Waals surface area contributed by atoms with Gasteiger partial charge in [-0.25, -0.2) is 13.6 Å². The number of hydrogen-bond acceptors (Lipinski definition) is 4. The minimum absolute atomic E-state index is 0.0399. The van der Waals surface area contributed by atoms with Crippen LogP contribution < -0.4 is 4.74 Å². The van der Waals surface area contributed by atoms with Crippen molar-refractivity contribution < 1.29 is 23.0 Å². The topological polar surface area (TPSA) is 38.8 Å². The van der Waals surface area contributed by atoms with Gasteiger partial charge < -0.3 is 9.47 Å². The van der Waals surface area contributed by atoms with Crippen LogP contribution in [0.25, 0.3) is 0 Å². The van der Waals surface area contributed by atoms with Crippen molar-refractivity contribution in [1.29, 1.82) is 0 Å². The van der Waals surface area contributed by atoms with Crippen molar-refractivity contribution in [3.63, 3.8) is 0 Å². The highest BCUT2D eigenvalue weighted by Gasteiger charge is 2.32. The van der Waals surface area contributed by atoms with Gasteiger partial charge in [0.1, 0.15) is 23.5 Å². The van der Waals surface area contributed by atoms with Crippen molar-refractivity contribution >= 4 is 5.97 Å². The quantitative estimate of drug-likeness (QED) is 0.606. The van der Waals surface area contributed by atoms with Crippen molar-refractivity contribution in [2.24, 2.45) is 0 Å². The molecule has 0 radical (unpaired) electrons. The zero-order chi connectivity index (χ0) is 21.3. The Morgan fingerprint density at radius 1 is 1.13 bits per heavy atom. The molecule has 0 bridgehead atoms. The number of esters is 1. The Kier molecular flexibility index (Phi) is 6.04. The third-order valence-corrected chi connectivity index (χ3v) is 6.13. The third kappa shape index (κ3) is 4.48. The first-order chi connectivity index (χ1) is 14.5. The Balaban J connectivity index is 1.50. The minimum atomic E-state index is -0.669. The minimum Gasteiger partial charge on any atom is -0.489 e. The fourth-order valence-electron chi connectivity index (χ4n) is 4.20. The van der Waals surface area contributed by atoms with E-state index in [0.29, 0.717) is 18.2 Å². The molecule has 1 saturated carbocycles. The van der Waals surface area contributed by atoms with Crippen LogP contribution in [-0.2, 0) is 4.74 Å². The molecule has 0 spiro atoms. The van der Waals surface area contributed by atoms with Gasteiger partial charge in [-0.15, -0.1) is 0 Å². The van der Waals surface area contributed by atoms with E-state index in [1.165, 1.54) is 25.3 Å². The number of carbonyl (C=O) groups is 1. The highest BCUT2D eigenvalue weighted by Crippen LogP contribution is 2.45. The number of piperidine rings is 1. The summed E-state index contributed by atoms with van der Waals surface area (Å²) >= 11 is 0. The molecule has 1 aliphatic carbocycles. The molecule has 2 aromatic rings. The summed E-state index contributed by atoms with van der Waals surface area (Å²) in [5, 5.41) is 0. The van der Waals surface area contributed by atoms with E-state index < -0.39 is 11.8 Å². The van der Waals surface area contributed by atoms with Gasteiger partial charge in [-0.05, 0) is 74.4 Å². The maximum absolute atomic E-state index is 14.5. The van der Waals surface area contributed by atoms with Crippen LogP contribution >= 0.6 is 0 Å². The highest BCUT2D eigenvalue weighted by atomic mass is 19.1. The molecule has 4 nitrogen and oxygen atoms in total. The molecule has 4 rings (SSSR count). The number of halogens is 2. The van der Waals surface area contributed by atoms with Crippen LogP contribution in [0.3, 0.4) is 0 Å². The average Bonchev–Trinajstić information content (AvgIpc) is 3.59. The monoisotopic (exact) mass is 415 g/mol. The standard InChI is InChI=1S/C24H27F2NO3/c1-15(16-7-9-18(25)10-8-16)27-11-3-4-19(14-27)30-23-13-22(26)21(24(28)29-2)12-20(23)17-5-6-17/h7-10,12-13,15,17,19H,3-6,11,14H2,1-2H3/t15-,19-/m1/s1. The summed E-state index contributed by atoms with van der Waals surface area (Å²) < 4.78 is 38.8. The van der Waals surface area contributed by atoms with Gasteiger partial charge in [-0.2, -0.15) is 0 Å². The largest absolute Gasteiger partial charge is 0.489 e. The van der Waals surface area contributed by atoms with Crippen LogP contribution in [0.5, 0.6) is 5.75 Å². The molecule has 2 atom stereocenters. The lowest BCUT2D eigenvalue weighted by Gasteiger charge is -2.37. The van der Waals surface area contributed by atoms with Crippen LogP contribution in [-0.4, -0.2) is 37.2 Å². The van der Waals surface area contributed by atoms with E-state index in [1.807, 2.05) is 12.1 Å². The number of methoxy groups -OCH3 is 1. The van der Waals surface area contributed by atoms with Gasteiger partial charge in [0.15, 0.2) is 0 Å². The molecule has 1 saturated heterocycles. The van der Waals surface area contributed by atoms with Crippen molar-refractivity contribution in [1.82, 2.24) is 4.90 Å². The second-order valence-electron chi connectivity index (χ2n) is 8.24. The van der Waals surface area contributed by atoms with E-state index in [2.05, 4.69) is 11.8 Å². The first kappa shape index (κ1) is 20.8. The third-order valence-electron chi connectivity index (χ3n) is 6.13. The number of rotatable bonds is 6. The van der Waals surface area contributed by atoms with Gasteiger partial charge in [-0.1, -0.05) is 12.1 Å². The van der Waals surface area contributed by atoms with Gasteiger partial charge in [0.2, 0.25) is 0 Å². The lowest BCUT2D eigenvalue weighted by atomic mass is 10.0. The summed E-state index contributed by atoms with van der Waals surface area (Å²) in [6, 6.07) is 9.67. The summed E-state index contributed by atoms with van der Waals surface area (Å²) in [7, 11) is 1.25. The second kappa shape index (κ2) is 8.72.